The molecule has 0 heterocycles. The maximum Gasteiger partial charge on any atom is 0.223 e. The molecular weight excluding hydrogens is 358 g/mol. The van der Waals surface area contributed by atoms with Crippen LogP contribution in [-0.2, 0) is 4.79 Å². The van der Waals surface area contributed by atoms with Crippen LogP contribution in [0.5, 0.6) is 11.5 Å². The van der Waals surface area contributed by atoms with Crippen LogP contribution in [-0.4, -0.2) is 19.6 Å². The van der Waals surface area contributed by atoms with Crippen molar-refractivity contribution in [1.29, 1.82) is 0 Å². The number of hydrogen-bond donors (Lipinski definition) is 1. The number of methoxy groups -OCH3 is 1. The predicted octanol–water partition coefficient (Wildman–Crippen LogP) is 4.10. The van der Waals surface area contributed by atoms with E-state index >= 15 is 0 Å². The lowest BCUT2D eigenvalue weighted by Gasteiger charge is -2.15. The number of amides is 1. The summed E-state index contributed by atoms with van der Waals surface area (Å²) in [5, 5.41) is 2.97. The molecule has 0 saturated carbocycles. The zero-order valence-electron chi connectivity index (χ0n) is 13.2. The van der Waals surface area contributed by atoms with Gasteiger partial charge in [0.1, 0.15) is 0 Å². The number of carbonyl (C=O) groups is 1. The molecule has 1 amide bonds. The highest BCUT2D eigenvalue weighted by atomic mass is 79.9. The van der Waals surface area contributed by atoms with Crippen LogP contribution >= 0.6 is 15.9 Å². The summed E-state index contributed by atoms with van der Waals surface area (Å²) in [6.45, 7) is 2.27. The van der Waals surface area contributed by atoms with Gasteiger partial charge < -0.3 is 14.8 Å². The molecule has 0 aromatic heterocycles. The first kappa shape index (κ1) is 17.3. The van der Waals surface area contributed by atoms with Gasteiger partial charge in [-0.2, -0.15) is 0 Å². The predicted molar refractivity (Wildman–Crippen MR) is 93.8 cm³/mol. The minimum Gasteiger partial charge on any atom is -0.493 e. The summed E-state index contributed by atoms with van der Waals surface area (Å²) in [7, 11) is 1.59. The van der Waals surface area contributed by atoms with Gasteiger partial charge in [-0.1, -0.05) is 40.2 Å². The third-order valence-electron chi connectivity index (χ3n) is 3.40. The third-order valence-corrected chi connectivity index (χ3v) is 3.93. The Kier molecular flexibility index (Phi) is 6.47. The fourth-order valence-electron chi connectivity index (χ4n) is 2.14. The first-order chi connectivity index (χ1) is 11.1. The average Bonchev–Trinajstić information content (AvgIpc) is 2.55. The number of ether oxygens (including phenoxy) is 2. The van der Waals surface area contributed by atoms with Crippen LogP contribution in [0.2, 0.25) is 0 Å². The normalized spacial score (nSPS) is 11.6. The molecule has 2 aromatic rings. The van der Waals surface area contributed by atoms with Crippen LogP contribution in [0, 0.1) is 0 Å². The van der Waals surface area contributed by atoms with Gasteiger partial charge in [0.15, 0.2) is 11.5 Å². The maximum absolute atomic E-state index is 12.0. The van der Waals surface area contributed by atoms with E-state index in [4.69, 9.17) is 9.47 Å². The molecule has 0 bridgehead atoms. The van der Waals surface area contributed by atoms with Crippen molar-refractivity contribution in [1.82, 2.24) is 5.32 Å². The Bertz CT molecular complexity index is 643. The van der Waals surface area contributed by atoms with Crippen LogP contribution in [0.25, 0.3) is 0 Å². The monoisotopic (exact) mass is 377 g/mol. The molecule has 0 spiro atoms. The van der Waals surface area contributed by atoms with Crippen molar-refractivity contribution in [2.24, 2.45) is 0 Å². The number of para-hydroxylation sites is 2. The lowest BCUT2D eigenvalue weighted by Crippen LogP contribution is -2.27. The number of nitrogens with one attached hydrogen (secondary N) is 1. The van der Waals surface area contributed by atoms with Crippen molar-refractivity contribution in [3.8, 4) is 11.5 Å². The van der Waals surface area contributed by atoms with E-state index in [-0.39, 0.29) is 11.9 Å². The van der Waals surface area contributed by atoms with Crippen LogP contribution < -0.4 is 14.8 Å². The van der Waals surface area contributed by atoms with E-state index in [1.54, 1.807) is 7.11 Å². The molecule has 23 heavy (non-hydrogen) atoms. The molecule has 4 nitrogen and oxygen atoms in total. The molecule has 0 radical (unpaired) electrons. The molecule has 0 aliphatic heterocycles. The van der Waals surface area contributed by atoms with Gasteiger partial charge in [0, 0.05) is 4.47 Å². The summed E-state index contributed by atoms with van der Waals surface area (Å²) in [5.41, 5.74) is 1.06. The number of halogens is 1. The van der Waals surface area contributed by atoms with Crippen LogP contribution in [0.1, 0.15) is 24.9 Å². The second-order valence-electron chi connectivity index (χ2n) is 5.09. The smallest absolute Gasteiger partial charge is 0.223 e. The lowest BCUT2D eigenvalue weighted by atomic mass is 10.1. The van der Waals surface area contributed by atoms with Crippen molar-refractivity contribution >= 4 is 21.8 Å². The number of benzene rings is 2. The Morgan fingerprint density at radius 2 is 1.78 bits per heavy atom. The van der Waals surface area contributed by atoms with Gasteiger partial charge in [-0.05, 0) is 36.8 Å². The quantitative estimate of drug-likeness (QED) is 0.789. The van der Waals surface area contributed by atoms with Crippen molar-refractivity contribution in [3.05, 3.63) is 58.6 Å². The van der Waals surface area contributed by atoms with Gasteiger partial charge in [-0.15, -0.1) is 0 Å². The van der Waals surface area contributed by atoms with Crippen LogP contribution in [0.3, 0.4) is 0 Å². The first-order valence-electron chi connectivity index (χ1n) is 7.41. The molecule has 122 valence electrons. The summed E-state index contributed by atoms with van der Waals surface area (Å²) >= 11 is 3.40. The van der Waals surface area contributed by atoms with E-state index in [9.17, 15) is 4.79 Å². The number of rotatable bonds is 7. The zero-order valence-corrected chi connectivity index (χ0v) is 14.8. The minimum atomic E-state index is -0.0460. The highest BCUT2D eigenvalue weighted by molar-refractivity contribution is 9.10. The van der Waals surface area contributed by atoms with Gasteiger partial charge in [0.25, 0.3) is 0 Å². The third kappa shape index (κ3) is 5.28. The summed E-state index contributed by atoms with van der Waals surface area (Å²) in [4.78, 5) is 12.0. The van der Waals surface area contributed by atoms with E-state index in [0.29, 0.717) is 24.5 Å². The van der Waals surface area contributed by atoms with Gasteiger partial charge in [-0.25, -0.2) is 0 Å². The lowest BCUT2D eigenvalue weighted by molar-refractivity contribution is -0.122. The topological polar surface area (TPSA) is 47.6 Å². The fourth-order valence-corrected chi connectivity index (χ4v) is 2.40. The van der Waals surface area contributed by atoms with Crippen molar-refractivity contribution in [2.75, 3.05) is 13.7 Å². The maximum atomic E-state index is 12.0. The van der Waals surface area contributed by atoms with Gasteiger partial charge in [0.05, 0.1) is 26.2 Å². The largest absolute Gasteiger partial charge is 0.493 e. The van der Waals surface area contributed by atoms with E-state index < -0.39 is 0 Å². The minimum absolute atomic E-state index is 0.0399. The van der Waals surface area contributed by atoms with Gasteiger partial charge in [-0.3, -0.25) is 4.79 Å². The van der Waals surface area contributed by atoms with Crippen molar-refractivity contribution in [3.63, 3.8) is 0 Å². The van der Waals surface area contributed by atoms with E-state index in [1.165, 1.54) is 0 Å². The fraction of sp³-hybridized carbons (Fsp3) is 0.278. The Morgan fingerprint density at radius 1 is 1.13 bits per heavy atom. The molecule has 2 rings (SSSR count). The van der Waals surface area contributed by atoms with Gasteiger partial charge >= 0.3 is 0 Å². The second-order valence-corrected chi connectivity index (χ2v) is 6.01. The standard InChI is InChI=1S/C18H20BrNO3/c1-13(14-7-9-15(19)10-8-14)20-18(21)11-12-23-17-6-4-3-5-16(17)22-2/h3-10,13H,11-12H2,1-2H3,(H,20,21). The molecule has 5 heteroatoms. The summed E-state index contributed by atoms with van der Waals surface area (Å²) < 4.78 is 11.8. The Hall–Kier alpha value is -2.01. The SMILES string of the molecule is COc1ccccc1OCCC(=O)NC(C)c1ccc(Br)cc1. The second kappa shape index (κ2) is 8.58. The molecular formula is C18H20BrNO3. The van der Waals surface area contributed by atoms with Crippen molar-refractivity contribution < 1.29 is 14.3 Å². The zero-order chi connectivity index (χ0) is 16.7. The highest BCUT2D eigenvalue weighted by Gasteiger charge is 2.10. The summed E-state index contributed by atoms with van der Waals surface area (Å²) in [6.07, 6.45) is 0.291. The molecule has 0 aliphatic rings. The van der Waals surface area contributed by atoms with Crippen LogP contribution in [0.15, 0.2) is 53.0 Å². The summed E-state index contributed by atoms with van der Waals surface area (Å²) in [5.74, 6) is 1.26. The molecule has 0 saturated heterocycles. The van der Waals surface area contributed by atoms with E-state index in [0.717, 1.165) is 10.0 Å². The van der Waals surface area contributed by atoms with Crippen LogP contribution in [0.4, 0.5) is 0 Å². The Morgan fingerprint density at radius 3 is 2.43 bits per heavy atom. The molecule has 1 atom stereocenters. The Balaban J connectivity index is 1.80. The highest BCUT2D eigenvalue weighted by Crippen LogP contribution is 2.25. The van der Waals surface area contributed by atoms with E-state index in [1.807, 2.05) is 55.5 Å². The number of hydrogen-bond acceptors (Lipinski definition) is 3. The van der Waals surface area contributed by atoms with Crippen molar-refractivity contribution in [2.45, 2.75) is 19.4 Å². The number of carbonyl (C=O) groups excluding carboxylic acids is 1. The van der Waals surface area contributed by atoms with E-state index in [2.05, 4.69) is 21.2 Å². The molecule has 1 N–H and O–H groups in total. The molecule has 2 aromatic carbocycles. The summed E-state index contributed by atoms with van der Waals surface area (Å²) in [6, 6.07) is 15.2. The first-order valence-corrected chi connectivity index (χ1v) is 8.20. The molecule has 0 fully saturated rings. The molecule has 1 unspecified atom stereocenters. The van der Waals surface area contributed by atoms with Gasteiger partial charge in [0.2, 0.25) is 5.91 Å². The molecule has 0 aliphatic carbocycles. The average molecular weight is 378 g/mol. The Labute approximate surface area is 144 Å².